The largest absolute Gasteiger partial charge is 0.573 e. The van der Waals surface area contributed by atoms with Crippen LogP contribution in [0, 0.1) is 0 Å². The summed E-state index contributed by atoms with van der Waals surface area (Å²) < 4.78 is 70.9. The molecule has 0 spiro atoms. The van der Waals surface area contributed by atoms with Gasteiger partial charge >= 0.3 is 6.36 Å². The number of aromatic amines is 1. The monoisotopic (exact) mass is 391 g/mol. The third kappa shape index (κ3) is 4.34. The van der Waals surface area contributed by atoms with Crippen LogP contribution in [-0.2, 0) is 14.8 Å². The number of aromatic nitrogens is 2. The lowest BCUT2D eigenvalue weighted by molar-refractivity contribution is -0.274. The first kappa shape index (κ1) is 18.7. The van der Waals surface area contributed by atoms with Gasteiger partial charge in [-0.25, -0.2) is 13.4 Å². The first-order chi connectivity index (χ1) is 12.1. The number of ether oxygens (including phenoxy) is 2. The van der Waals surface area contributed by atoms with Gasteiger partial charge in [0.2, 0.25) is 10.0 Å². The van der Waals surface area contributed by atoms with Gasteiger partial charge in [0.15, 0.2) is 0 Å². The maximum Gasteiger partial charge on any atom is 0.573 e. The number of nitrogens with zero attached hydrogens (tertiary/aromatic N) is 2. The zero-order chi connectivity index (χ0) is 18.9. The van der Waals surface area contributed by atoms with Gasteiger partial charge < -0.3 is 14.5 Å². The standard InChI is InChI=1S/C15H16F3N3O4S/c1-26(22,23)21-6-7-24-9-13(21)14-19-8-12(20-14)10-2-4-11(5-3-10)25-15(16,17)18/h2-5,8,13H,6-7,9H2,1H3,(H,19,20). The molecule has 0 saturated carbocycles. The first-order valence-corrected chi connectivity index (χ1v) is 9.44. The number of hydrogen-bond donors (Lipinski definition) is 1. The molecule has 7 nitrogen and oxygen atoms in total. The Balaban J connectivity index is 1.81. The number of halogens is 3. The lowest BCUT2D eigenvalue weighted by Gasteiger charge is -2.32. The minimum atomic E-state index is -4.75. The number of morpholine rings is 1. The average molecular weight is 391 g/mol. The Labute approximate surface area is 147 Å². The molecule has 0 bridgehead atoms. The molecule has 1 aromatic carbocycles. The normalized spacial score (nSPS) is 19.5. The van der Waals surface area contributed by atoms with Crippen molar-refractivity contribution in [3.05, 3.63) is 36.3 Å². The molecule has 3 rings (SSSR count). The van der Waals surface area contributed by atoms with Gasteiger partial charge in [0, 0.05) is 6.54 Å². The van der Waals surface area contributed by atoms with E-state index in [-0.39, 0.29) is 18.9 Å². The number of alkyl halides is 3. The predicted octanol–water partition coefficient (Wildman–Crippen LogP) is 2.31. The first-order valence-electron chi connectivity index (χ1n) is 7.59. The van der Waals surface area contributed by atoms with Crippen molar-refractivity contribution in [1.82, 2.24) is 14.3 Å². The van der Waals surface area contributed by atoms with Crippen molar-refractivity contribution >= 4 is 10.0 Å². The number of imidazole rings is 1. The number of sulfonamides is 1. The molecule has 0 amide bonds. The lowest BCUT2D eigenvalue weighted by atomic mass is 10.1. The van der Waals surface area contributed by atoms with Crippen LogP contribution in [0.25, 0.3) is 11.3 Å². The highest BCUT2D eigenvalue weighted by Gasteiger charge is 2.33. The quantitative estimate of drug-likeness (QED) is 0.865. The maximum absolute atomic E-state index is 12.2. The molecular formula is C15H16F3N3O4S. The number of benzene rings is 1. The highest BCUT2D eigenvalue weighted by molar-refractivity contribution is 7.88. The van der Waals surface area contributed by atoms with Crippen LogP contribution in [0.2, 0.25) is 0 Å². The van der Waals surface area contributed by atoms with E-state index >= 15 is 0 Å². The van der Waals surface area contributed by atoms with Crippen LogP contribution in [0.5, 0.6) is 5.75 Å². The second-order valence-electron chi connectivity index (χ2n) is 5.72. The van der Waals surface area contributed by atoms with E-state index in [0.717, 1.165) is 6.26 Å². The Bertz CT molecular complexity index is 865. The van der Waals surface area contributed by atoms with Crippen LogP contribution in [0.15, 0.2) is 30.5 Å². The van der Waals surface area contributed by atoms with Crippen LogP contribution in [0.1, 0.15) is 11.9 Å². The van der Waals surface area contributed by atoms with Crippen molar-refractivity contribution in [3.8, 4) is 17.0 Å². The molecule has 1 saturated heterocycles. The molecule has 1 aliphatic rings. The number of nitrogens with one attached hydrogen (secondary N) is 1. The molecule has 1 N–H and O–H groups in total. The minimum Gasteiger partial charge on any atom is -0.406 e. The second-order valence-corrected chi connectivity index (χ2v) is 7.65. The minimum absolute atomic E-state index is 0.165. The summed E-state index contributed by atoms with van der Waals surface area (Å²) >= 11 is 0. The zero-order valence-electron chi connectivity index (χ0n) is 13.7. The fraction of sp³-hybridized carbons (Fsp3) is 0.400. The third-order valence-electron chi connectivity index (χ3n) is 3.82. The Morgan fingerprint density at radius 3 is 2.62 bits per heavy atom. The molecule has 142 valence electrons. The summed E-state index contributed by atoms with van der Waals surface area (Å²) in [5.41, 5.74) is 1.12. The van der Waals surface area contributed by atoms with Crippen LogP contribution in [-0.4, -0.2) is 55.1 Å². The van der Waals surface area contributed by atoms with E-state index in [1.54, 1.807) is 0 Å². The SMILES string of the molecule is CS(=O)(=O)N1CCOCC1c1ncc(-c2ccc(OC(F)(F)F)cc2)[nH]1. The van der Waals surface area contributed by atoms with Gasteiger partial charge in [0.25, 0.3) is 0 Å². The van der Waals surface area contributed by atoms with E-state index in [2.05, 4.69) is 14.7 Å². The molecule has 2 aromatic rings. The summed E-state index contributed by atoms with van der Waals surface area (Å²) in [6, 6.07) is 4.69. The summed E-state index contributed by atoms with van der Waals surface area (Å²) in [6.07, 6.45) is -2.14. The van der Waals surface area contributed by atoms with E-state index in [4.69, 9.17) is 4.74 Å². The number of H-pyrrole nitrogens is 1. The molecule has 11 heteroatoms. The van der Waals surface area contributed by atoms with Crippen molar-refractivity contribution in [2.24, 2.45) is 0 Å². The van der Waals surface area contributed by atoms with Crippen molar-refractivity contribution in [2.45, 2.75) is 12.4 Å². The summed E-state index contributed by atoms with van der Waals surface area (Å²) in [4.78, 5) is 7.22. The van der Waals surface area contributed by atoms with Gasteiger partial charge in [-0.05, 0) is 29.8 Å². The Hall–Kier alpha value is -2.11. The van der Waals surface area contributed by atoms with Crippen LogP contribution < -0.4 is 4.74 Å². The topological polar surface area (TPSA) is 84.5 Å². The maximum atomic E-state index is 12.2. The van der Waals surface area contributed by atoms with Crippen molar-refractivity contribution < 1.29 is 31.1 Å². The van der Waals surface area contributed by atoms with Crippen LogP contribution in [0.3, 0.4) is 0 Å². The number of hydrogen-bond acceptors (Lipinski definition) is 5. The molecule has 1 aliphatic heterocycles. The second kappa shape index (κ2) is 6.89. The Morgan fingerprint density at radius 2 is 2.00 bits per heavy atom. The van der Waals surface area contributed by atoms with Crippen molar-refractivity contribution in [3.63, 3.8) is 0 Å². The van der Waals surface area contributed by atoms with Crippen LogP contribution >= 0.6 is 0 Å². The molecule has 26 heavy (non-hydrogen) atoms. The molecule has 0 aliphatic carbocycles. The Morgan fingerprint density at radius 1 is 1.31 bits per heavy atom. The van der Waals surface area contributed by atoms with E-state index < -0.39 is 22.4 Å². The van der Waals surface area contributed by atoms with Gasteiger partial charge in [-0.3, -0.25) is 0 Å². The molecule has 1 atom stereocenters. The number of rotatable bonds is 4. The van der Waals surface area contributed by atoms with Crippen molar-refractivity contribution in [1.29, 1.82) is 0 Å². The molecule has 1 aromatic heterocycles. The van der Waals surface area contributed by atoms with E-state index in [9.17, 15) is 21.6 Å². The summed E-state index contributed by atoms with van der Waals surface area (Å²) in [5.74, 6) is 0.0747. The van der Waals surface area contributed by atoms with Crippen LogP contribution in [0.4, 0.5) is 13.2 Å². The lowest BCUT2D eigenvalue weighted by Crippen LogP contribution is -2.43. The molecule has 0 radical (unpaired) electrons. The predicted molar refractivity (Wildman–Crippen MR) is 85.8 cm³/mol. The zero-order valence-corrected chi connectivity index (χ0v) is 14.5. The highest BCUT2D eigenvalue weighted by atomic mass is 32.2. The smallest absolute Gasteiger partial charge is 0.406 e. The van der Waals surface area contributed by atoms with E-state index in [1.807, 2.05) is 0 Å². The third-order valence-corrected chi connectivity index (χ3v) is 5.10. The van der Waals surface area contributed by atoms with E-state index in [1.165, 1.54) is 34.8 Å². The average Bonchev–Trinajstić information content (AvgIpc) is 3.03. The van der Waals surface area contributed by atoms with Gasteiger partial charge in [-0.15, -0.1) is 13.2 Å². The van der Waals surface area contributed by atoms with Gasteiger partial charge in [-0.1, -0.05) is 0 Å². The van der Waals surface area contributed by atoms with Gasteiger partial charge in [-0.2, -0.15) is 4.31 Å². The Kier molecular flexibility index (Phi) is 4.95. The van der Waals surface area contributed by atoms with Gasteiger partial charge in [0.05, 0.1) is 31.4 Å². The molecule has 1 fully saturated rings. The fourth-order valence-corrected chi connectivity index (χ4v) is 3.72. The molecular weight excluding hydrogens is 375 g/mol. The fourth-order valence-electron chi connectivity index (χ4n) is 2.69. The summed E-state index contributed by atoms with van der Waals surface area (Å²) in [5, 5.41) is 0. The van der Waals surface area contributed by atoms with E-state index in [0.29, 0.717) is 23.7 Å². The molecule has 2 heterocycles. The summed E-state index contributed by atoms with van der Waals surface area (Å²) in [6.45, 7) is 0.694. The van der Waals surface area contributed by atoms with Gasteiger partial charge in [0.1, 0.15) is 17.6 Å². The van der Waals surface area contributed by atoms with Crippen molar-refractivity contribution in [2.75, 3.05) is 26.0 Å². The highest BCUT2D eigenvalue weighted by Crippen LogP contribution is 2.29. The summed E-state index contributed by atoms with van der Waals surface area (Å²) in [7, 11) is -3.43. The molecule has 1 unspecified atom stereocenters.